The van der Waals surface area contributed by atoms with Crippen LogP contribution >= 0.6 is 0 Å². The maximum atomic E-state index is 10.5. The molecule has 300 valence electrons. The van der Waals surface area contributed by atoms with Crippen molar-refractivity contribution in [3.63, 3.8) is 0 Å². The van der Waals surface area contributed by atoms with Crippen LogP contribution in [0.15, 0.2) is 67.5 Å². The fourth-order valence-corrected chi connectivity index (χ4v) is 7.81. The molecular formula is C48H75F3O2. The highest BCUT2D eigenvalue weighted by molar-refractivity contribution is 5.75. The zero-order valence-corrected chi connectivity index (χ0v) is 38.5. The van der Waals surface area contributed by atoms with Crippen LogP contribution in [0.3, 0.4) is 0 Å². The Balaban J connectivity index is 0.00000348. The molecule has 0 aromatic rings. The lowest BCUT2D eigenvalue weighted by Gasteiger charge is -2.32. The van der Waals surface area contributed by atoms with E-state index >= 15 is 0 Å². The van der Waals surface area contributed by atoms with E-state index in [1.165, 1.54) is 28.2 Å². The predicted molar refractivity (Wildman–Crippen MR) is 218 cm³/mol. The van der Waals surface area contributed by atoms with Crippen LogP contribution < -0.4 is 5.11 Å². The summed E-state index contributed by atoms with van der Waals surface area (Å²) in [5.41, 5.74) is 25.8. The van der Waals surface area contributed by atoms with Gasteiger partial charge in [-0.2, -0.15) is 13.2 Å². The number of alkyl halides is 3. The minimum atomic E-state index is -5.19. The average Bonchev–Trinajstić information content (AvgIpc) is 3.05. The Labute approximate surface area is 324 Å². The van der Waals surface area contributed by atoms with Crippen LogP contribution in [0.1, 0.15) is 173 Å². The first-order valence-electron chi connectivity index (χ1n) is 19.0. The van der Waals surface area contributed by atoms with E-state index in [2.05, 4.69) is 196 Å². The van der Waals surface area contributed by atoms with Crippen LogP contribution in [-0.4, -0.2) is 12.1 Å². The molecule has 0 bridgehead atoms. The molecule has 0 spiro atoms. The van der Waals surface area contributed by atoms with Gasteiger partial charge in [0.15, 0.2) is 0 Å². The second-order valence-electron chi connectivity index (χ2n) is 22.9. The first kappa shape index (κ1) is 50.2. The fourth-order valence-electron chi connectivity index (χ4n) is 7.81. The summed E-state index contributed by atoms with van der Waals surface area (Å²) in [6, 6.07) is 0. The van der Waals surface area contributed by atoms with Gasteiger partial charge in [0.25, 0.3) is 0 Å². The van der Waals surface area contributed by atoms with E-state index < -0.39 is 12.1 Å². The van der Waals surface area contributed by atoms with Gasteiger partial charge in [0, 0.05) is 11.1 Å². The van der Waals surface area contributed by atoms with Crippen LogP contribution in [0.2, 0.25) is 0 Å². The smallest absolute Gasteiger partial charge is 0.430 e. The summed E-state index contributed by atoms with van der Waals surface area (Å²) in [6.07, 6.45) is -5.19. The summed E-state index contributed by atoms with van der Waals surface area (Å²) in [4.78, 5) is 8.78. The zero-order chi connectivity index (χ0) is 43.1. The van der Waals surface area contributed by atoms with Gasteiger partial charge in [0.1, 0.15) is 28.3 Å². The molecule has 0 radical (unpaired) electrons. The van der Waals surface area contributed by atoms with Crippen LogP contribution in [0, 0.1) is 49.2 Å². The first-order valence-corrected chi connectivity index (χ1v) is 19.0. The normalized spacial score (nSPS) is 15.2. The van der Waals surface area contributed by atoms with E-state index in [9.17, 15) is 13.2 Å². The maximum Gasteiger partial charge on any atom is 0.430 e. The molecule has 1 saturated carbocycles. The molecule has 53 heavy (non-hydrogen) atoms. The summed E-state index contributed by atoms with van der Waals surface area (Å²) in [7, 11) is 0. The Kier molecular flexibility index (Phi) is 14.9. The van der Waals surface area contributed by atoms with E-state index in [-0.39, 0.29) is 43.3 Å². The molecule has 1 rings (SSSR count). The molecule has 1 aliphatic rings. The number of carboxylic acid groups (broad SMARTS) is 1. The second kappa shape index (κ2) is 15.8. The van der Waals surface area contributed by atoms with Crippen LogP contribution in [0.25, 0.3) is 0 Å². The van der Waals surface area contributed by atoms with Gasteiger partial charge < -0.3 is 9.90 Å². The molecule has 2 nitrogen and oxygen atoms in total. The highest BCUT2D eigenvalue weighted by atomic mass is 19.4. The fraction of sp³-hybridized carbons (Fsp3) is 0.708. The van der Waals surface area contributed by atoms with E-state index in [0.717, 1.165) is 22.3 Å². The van der Waals surface area contributed by atoms with Crippen LogP contribution in [0.4, 0.5) is 13.2 Å². The van der Waals surface area contributed by atoms with Gasteiger partial charge in [0.05, 0.1) is 5.92 Å². The molecule has 0 unspecified atom stereocenters. The third kappa shape index (κ3) is 14.4. The molecule has 0 N–H and O–H groups in total. The number of rotatable bonds is 0. The number of aliphatic carboxylic acids is 1. The van der Waals surface area contributed by atoms with Crippen LogP contribution in [0.5, 0.6) is 0 Å². The molecule has 5 heteroatoms. The van der Waals surface area contributed by atoms with Gasteiger partial charge in [0.2, 0.25) is 0 Å². The van der Waals surface area contributed by atoms with Gasteiger partial charge in [-0.1, -0.05) is 178 Å². The van der Waals surface area contributed by atoms with E-state index in [4.69, 9.17) is 9.90 Å². The van der Waals surface area contributed by atoms with Gasteiger partial charge >= 0.3 is 6.18 Å². The van der Waals surface area contributed by atoms with Crippen LogP contribution in [-0.2, 0) is 4.79 Å². The molecule has 0 amide bonds. The summed E-state index contributed by atoms with van der Waals surface area (Å²) in [6.45, 7) is 58.0. The Morgan fingerprint density at radius 1 is 0.415 bits per heavy atom. The molecular weight excluding hydrogens is 666 g/mol. The number of hydrogen-bond donors (Lipinski definition) is 0. The summed E-state index contributed by atoms with van der Waals surface area (Å²) < 4.78 is 31.5. The standard InChI is InChI=1S/C46H75.C2HF3O2/c1-30-31(26-35(39(2,3)4)40(5,6)7)33(28-37(43(14,15)16)44(17,18)19)34(29-38(45(20,21)22)46(23,24)25)32(30)27-36(41(8,9)10)42(11,12)13;3-2(4,5)1(6)7/h1-25H3;(H,6,7)/q+1;/p-1. The van der Waals surface area contributed by atoms with Crippen molar-refractivity contribution >= 4 is 5.97 Å². The molecule has 0 heterocycles. The van der Waals surface area contributed by atoms with Gasteiger partial charge in [-0.3, -0.25) is 0 Å². The largest absolute Gasteiger partial charge is 0.542 e. The van der Waals surface area contributed by atoms with Crippen molar-refractivity contribution in [3.05, 3.63) is 73.4 Å². The van der Waals surface area contributed by atoms with Crippen molar-refractivity contribution in [1.29, 1.82) is 0 Å². The van der Waals surface area contributed by atoms with Crippen molar-refractivity contribution < 1.29 is 23.1 Å². The Hall–Kier alpha value is -2.79. The highest BCUT2D eigenvalue weighted by Gasteiger charge is 2.45. The number of carbonyl (C=O) groups is 1. The topological polar surface area (TPSA) is 40.1 Å². The minimum absolute atomic E-state index is 0.0524. The number of allylic oxidation sites excluding steroid dienone is 4. The predicted octanol–water partition coefficient (Wildman–Crippen LogP) is 14.1. The lowest BCUT2D eigenvalue weighted by molar-refractivity contribution is -0.344. The van der Waals surface area contributed by atoms with E-state index in [1.54, 1.807) is 0 Å². The quantitative estimate of drug-likeness (QED) is 0.183. The van der Waals surface area contributed by atoms with E-state index in [1.807, 2.05) is 0 Å². The Morgan fingerprint density at radius 2 is 0.566 bits per heavy atom. The number of halogens is 3. The molecule has 0 aliphatic heterocycles. The average molecular weight is 741 g/mol. The summed E-state index contributed by atoms with van der Waals surface area (Å²) in [5, 5.41) is 8.78. The third-order valence-corrected chi connectivity index (χ3v) is 8.73. The lowest BCUT2D eigenvalue weighted by Crippen LogP contribution is -2.37. The summed E-state index contributed by atoms with van der Waals surface area (Å²) >= 11 is 0. The van der Waals surface area contributed by atoms with Crippen molar-refractivity contribution in [2.45, 2.75) is 179 Å². The monoisotopic (exact) mass is 741 g/mol. The highest BCUT2D eigenvalue weighted by Crippen LogP contribution is 2.51. The summed E-state index contributed by atoms with van der Waals surface area (Å²) in [5.74, 6) is -1.79. The molecule has 0 aromatic carbocycles. The number of hydrogen-bond acceptors (Lipinski definition) is 2. The molecule has 0 aromatic heterocycles. The minimum Gasteiger partial charge on any atom is -0.542 e. The van der Waals surface area contributed by atoms with Gasteiger partial charge in [-0.15, -0.1) is 0 Å². The zero-order valence-electron chi connectivity index (χ0n) is 38.5. The molecule has 1 aliphatic carbocycles. The van der Waals surface area contributed by atoms with Gasteiger partial charge in [-0.25, -0.2) is 0 Å². The number of carbonyl (C=O) groups excluding carboxylic acids is 1. The number of carboxylic acids is 1. The first-order chi connectivity index (χ1) is 22.8. The molecule has 0 saturated heterocycles. The SMILES string of the molecule is C[C+]1C(=C=C(C(C)(C)C)C(C)(C)C)C(=C=C(C(C)(C)C)C(C)(C)C)C(=C=C(C(C)(C)C)C(C)(C)C)C1=C=C(C(C)(C)C)C(C)(C)C.O=C([O-])C(F)(F)F. The Bertz CT molecular complexity index is 1470. The second-order valence-corrected chi connectivity index (χ2v) is 22.9. The molecule has 1 fully saturated rings. The van der Waals surface area contributed by atoms with Crippen molar-refractivity contribution in [3.8, 4) is 0 Å². The Morgan fingerprint density at radius 3 is 0.698 bits per heavy atom. The molecule has 0 atom stereocenters. The van der Waals surface area contributed by atoms with Crippen molar-refractivity contribution in [2.75, 3.05) is 0 Å². The van der Waals surface area contributed by atoms with Crippen molar-refractivity contribution in [1.82, 2.24) is 0 Å². The third-order valence-electron chi connectivity index (χ3n) is 8.73. The van der Waals surface area contributed by atoms with Gasteiger partial charge in [-0.05, 0) is 72.9 Å². The maximum absolute atomic E-state index is 10.5. The van der Waals surface area contributed by atoms with E-state index in [0.29, 0.717) is 0 Å². The van der Waals surface area contributed by atoms with Crippen molar-refractivity contribution in [2.24, 2.45) is 43.3 Å². The lowest BCUT2D eigenvalue weighted by atomic mass is 9.71.